The van der Waals surface area contributed by atoms with Crippen LogP contribution in [-0.4, -0.2) is 45.4 Å². The van der Waals surface area contributed by atoms with Gasteiger partial charge in [0, 0.05) is 7.05 Å². The first-order chi connectivity index (χ1) is 7.75. The van der Waals surface area contributed by atoms with E-state index >= 15 is 0 Å². The number of H-pyrrole nitrogens is 1. The van der Waals surface area contributed by atoms with Gasteiger partial charge in [0.25, 0.3) is 5.91 Å². The van der Waals surface area contributed by atoms with E-state index in [0.29, 0.717) is 10.7 Å². The molecule has 0 aromatic carbocycles. The Morgan fingerprint density at radius 3 is 2.53 bits per heavy atom. The van der Waals surface area contributed by atoms with E-state index in [1.807, 2.05) is 0 Å². The van der Waals surface area contributed by atoms with Crippen LogP contribution in [0.3, 0.4) is 0 Å². The molecule has 1 rings (SSSR count). The lowest BCUT2D eigenvalue weighted by Crippen LogP contribution is -2.45. The van der Waals surface area contributed by atoms with Gasteiger partial charge in [0.2, 0.25) is 0 Å². The molecule has 1 aromatic rings. The minimum absolute atomic E-state index is 0.0726. The third-order valence-electron chi connectivity index (χ3n) is 1.93. The summed E-state index contributed by atoms with van der Waals surface area (Å²) in [6, 6.07) is 0. The predicted molar refractivity (Wildman–Crippen MR) is 48.5 cm³/mol. The molecule has 1 N–H and O–H groups in total. The Morgan fingerprint density at radius 2 is 2.12 bits per heavy atom. The highest BCUT2D eigenvalue weighted by Crippen LogP contribution is 2.25. The van der Waals surface area contributed by atoms with E-state index in [9.17, 15) is 22.4 Å². The molecule has 1 heterocycles. The second kappa shape index (κ2) is 4.68. The van der Waals surface area contributed by atoms with Crippen molar-refractivity contribution in [2.45, 2.75) is 25.8 Å². The number of rotatable bonds is 4. The van der Waals surface area contributed by atoms with Crippen LogP contribution < -0.4 is 0 Å². The maximum absolute atomic E-state index is 12.7. The summed E-state index contributed by atoms with van der Waals surface area (Å²) in [5.74, 6) is -6.15. The van der Waals surface area contributed by atoms with Crippen LogP contribution in [0.25, 0.3) is 0 Å². The van der Waals surface area contributed by atoms with Gasteiger partial charge >= 0.3 is 12.3 Å². The van der Waals surface area contributed by atoms with Gasteiger partial charge in [-0.25, -0.2) is 13.8 Å². The fraction of sp³-hybridized carbons (Fsp3) is 0.625. The Kier molecular flexibility index (Phi) is 3.69. The number of carbonyl (C=O) groups excluding carboxylic acids is 1. The van der Waals surface area contributed by atoms with Gasteiger partial charge in [0.05, 0.1) is 6.54 Å². The van der Waals surface area contributed by atoms with E-state index in [0.717, 1.165) is 7.05 Å². The Bertz CT molecular complexity index is 406. The summed E-state index contributed by atoms with van der Waals surface area (Å²) in [6.07, 6.45) is -4.04. The minimum Gasteiger partial charge on any atom is -0.333 e. The minimum atomic E-state index is -4.69. The topological polar surface area (TPSA) is 61.9 Å². The van der Waals surface area contributed by atoms with Crippen LogP contribution in [0.15, 0.2) is 0 Å². The molecule has 0 radical (unpaired) electrons. The number of aryl methyl sites for hydroxylation is 1. The number of aromatic nitrogens is 3. The number of alkyl halides is 4. The lowest BCUT2D eigenvalue weighted by molar-refractivity contribution is -0.179. The standard InChI is InChI=1S/C8H10F4N4O/c1-4-13-5(15-14-4)3-16(2)7(17)8(11,12)6(9)10/h6H,3H2,1-2H3,(H,13,14,15). The molecule has 96 valence electrons. The maximum atomic E-state index is 12.7. The molecule has 5 nitrogen and oxygen atoms in total. The van der Waals surface area contributed by atoms with Crippen molar-refractivity contribution in [3.63, 3.8) is 0 Å². The van der Waals surface area contributed by atoms with E-state index in [-0.39, 0.29) is 12.4 Å². The number of hydrogen-bond acceptors (Lipinski definition) is 3. The molecule has 1 aromatic heterocycles. The van der Waals surface area contributed by atoms with E-state index in [1.54, 1.807) is 6.92 Å². The fourth-order valence-corrected chi connectivity index (χ4v) is 1.09. The van der Waals surface area contributed by atoms with Gasteiger partial charge in [-0.05, 0) is 6.92 Å². The first-order valence-corrected chi connectivity index (χ1v) is 4.54. The highest BCUT2D eigenvalue weighted by Gasteiger charge is 2.50. The first kappa shape index (κ1) is 13.4. The summed E-state index contributed by atoms with van der Waals surface area (Å²) in [4.78, 5) is 15.3. The smallest absolute Gasteiger partial charge is 0.333 e. The van der Waals surface area contributed by atoms with Crippen molar-refractivity contribution < 1.29 is 22.4 Å². The third kappa shape index (κ3) is 2.92. The monoisotopic (exact) mass is 254 g/mol. The van der Waals surface area contributed by atoms with Gasteiger partial charge in [-0.1, -0.05) is 0 Å². The molecule has 1 amide bonds. The number of hydrogen-bond donors (Lipinski definition) is 1. The second-order valence-corrected chi connectivity index (χ2v) is 3.42. The van der Waals surface area contributed by atoms with Crippen LogP contribution in [-0.2, 0) is 11.3 Å². The summed E-state index contributed by atoms with van der Waals surface area (Å²) < 4.78 is 49.3. The van der Waals surface area contributed by atoms with Crippen molar-refractivity contribution in [3.8, 4) is 0 Å². The summed E-state index contributed by atoms with van der Waals surface area (Å²) in [6.45, 7) is 1.21. The van der Waals surface area contributed by atoms with Gasteiger partial charge < -0.3 is 4.90 Å². The van der Waals surface area contributed by atoms with Gasteiger partial charge in [0.1, 0.15) is 5.82 Å². The molecule has 9 heteroatoms. The first-order valence-electron chi connectivity index (χ1n) is 4.54. The Morgan fingerprint density at radius 1 is 1.53 bits per heavy atom. The normalized spacial score (nSPS) is 11.9. The van der Waals surface area contributed by atoms with Gasteiger partial charge in [-0.15, -0.1) is 0 Å². The Balaban J connectivity index is 2.71. The van der Waals surface area contributed by atoms with E-state index in [2.05, 4.69) is 15.2 Å². The van der Waals surface area contributed by atoms with Crippen molar-refractivity contribution in [1.29, 1.82) is 0 Å². The van der Waals surface area contributed by atoms with Crippen LogP contribution in [0.5, 0.6) is 0 Å². The van der Waals surface area contributed by atoms with Crippen molar-refractivity contribution in [2.75, 3.05) is 7.05 Å². The molecule has 0 unspecified atom stereocenters. The quantitative estimate of drug-likeness (QED) is 0.814. The summed E-state index contributed by atoms with van der Waals surface area (Å²) in [7, 11) is 0.977. The van der Waals surface area contributed by atoms with E-state index < -0.39 is 18.3 Å². The highest BCUT2D eigenvalue weighted by molar-refractivity contribution is 5.83. The Labute approximate surface area is 93.8 Å². The fourth-order valence-electron chi connectivity index (χ4n) is 1.09. The zero-order valence-corrected chi connectivity index (χ0v) is 9.05. The zero-order chi connectivity index (χ0) is 13.2. The van der Waals surface area contributed by atoms with E-state index in [4.69, 9.17) is 0 Å². The maximum Gasteiger partial charge on any atom is 0.383 e. The molecule has 0 atom stereocenters. The number of amides is 1. The highest BCUT2D eigenvalue weighted by atomic mass is 19.3. The lowest BCUT2D eigenvalue weighted by atomic mass is 10.3. The number of carbonyl (C=O) groups is 1. The van der Waals surface area contributed by atoms with E-state index in [1.165, 1.54) is 0 Å². The van der Waals surface area contributed by atoms with Crippen molar-refractivity contribution in [3.05, 3.63) is 11.6 Å². The molecule has 0 aliphatic rings. The van der Waals surface area contributed by atoms with Gasteiger partial charge in [-0.3, -0.25) is 9.89 Å². The van der Waals surface area contributed by atoms with Crippen LogP contribution in [0.1, 0.15) is 11.6 Å². The van der Waals surface area contributed by atoms with Gasteiger partial charge in [-0.2, -0.15) is 13.9 Å². The van der Waals surface area contributed by atoms with Crippen LogP contribution in [0.4, 0.5) is 17.6 Å². The summed E-state index contributed by atoms with van der Waals surface area (Å²) in [5, 5.41) is 6.04. The van der Waals surface area contributed by atoms with Crippen molar-refractivity contribution in [2.24, 2.45) is 0 Å². The third-order valence-corrected chi connectivity index (χ3v) is 1.93. The van der Waals surface area contributed by atoms with Crippen LogP contribution in [0, 0.1) is 6.92 Å². The summed E-state index contributed by atoms with van der Waals surface area (Å²) >= 11 is 0. The van der Waals surface area contributed by atoms with Crippen molar-refractivity contribution >= 4 is 5.91 Å². The molecule has 0 bridgehead atoms. The average molecular weight is 254 g/mol. The number of halogens is 4. The zero-order valence-electron chi connectivity index (χ0n) is 9.05. The molecule has 0 fully saturated rings. The molecule has 17 heavy (non-hydrogen) atoms. The summed E-state index contributed by atoms with van der Waals surface area (Å²) in [5.41, 5.74) is 0. The number of aromatic amines is 1. The molecule has 0 spiro atoms. The molecule has 0 saturated carbocycles. The van der Waals surface area contributed by atoms with Crippen LogP contribution in [0.2, 0.25) is 0 Å². The second-order valence-electron chi connectivity index (χ2n) is 3.42. The number of nitrogens with one attached hydrogen (secondary N) is 1. The molecule has 0 saturated heterocycles. The van der Waals surface area contributed by atoms with Gasteiger partial charge in [0.15, 0.2) is 5.82 Å². The SMILES string of the molecule is Cc1nc(CN(C)C(=O)C(F)(F)C(F)F)n[nH]1. The van der Waals surface area contributed by atoms with Crippen LogP contribution >= 0.6 is 0 Å². The largest absolute Gasteiger partial charge is 0.383 e. The lowest BCUT2D eigenvalue weighted by Gasteiger charge is -2.21. The molecular weight excluding hydrogens is 244 g/mol. The molecular formula is C8H10F4N4O. The number of nitrogens with zero attached hydrogens (tertiary/aromatic N) is 3. The Hall–Kier alpha value is -1.67. The average Bonchev–Trinajstić information content (AvgIpc) is 2.62. The van der Waals surface area contributed by atoms with Crippen molar-refractivity contribution in [1.82, 2.24) is 20.1 Å². The molecule has 0 aliphatic carbocycles. The molecule has 0 aliphatic heterocycles. The predicted octanol–water partition coefficient (Wildman–Crippen LogP) is 0.972.